The monoisotopic (exact) mass is 408 g/mol. The number of H-pyrrole nitrogens is 1. The van der Waals surface area contributed by atoms with Crippen molar-refractivity contribution in [1.82, 2.24) is 9.97 Å². The van der Waals surface area contributed by atoms with Gasteiger partial charge in [-0.25, -0.2) is 8.42 Å². The Labute approximate surface area is 168 Å². The first-order valence-electron chi connectivity index (χ1n) is 8.62. The van der Waals surface area contributed by atoms with Gasteiger partial charge in [-0.1, -0.05) is 35.9 Å². The van der Waals surface area contributed by atoms with Gasteiger partial charge in [0.1, 0.15) is 0 Å². The summed E-state index contributed by atoms with van der Waals surface area (Å²) in [6.45, 7) is 0. The zero-order valence-electron chi connectivity index (χ0n) is 15.1. The summed E-state index contributed by atoms with van der Waals surface area (Å²) < 4.78 is 23.4. The molecule has 0 saturated carbocycles. The Bertz CT molecular complexity index is 1230. The largest absolute Gasteiger partial charge is 0.354 e. The average molecular weight is 409 g/mol. The van der Waals surface area contributed by atoms with Gasteiger partial charge in [0.2, 0.25) is 0 Å². The number of hydrogen-bond donors (Lipinski definition) is 1. The molecule has 2 aromatic heterocycles. The number of hydrogen-bond acceptors (Lipinski definition) is 3. The molecule has 0 aliphatic rings. The highest BCUT2D eigenvalue weighted by Crippen LogP contribution is 2.36. The maximum absolute atomic E-state index is 11.7. The van der Waals surface area contributed by atoms with Crippen LogP contribution in [0.1, 0.15) is 0 Å². The number of aromatic nitrogens is 2. The lowest BCUT2D eigenvalue weighted by atomic mass is 10.0. The topological polar surface area (TPSA) is 62.8 Å². The van der Waals surface area contributed by atoms with E-state index in [2.05, 4.69) is 16.0 Å². The van der Waals surface area contributed by atoms with Crippen molar-refractivity contribution in [3.8, 4) is 33.6 Å². The third-order valence-electron chi connectivity index (χ3n) is 4.52. The summed E-state index contributed by atoms with van der Waals surface area (Å²) in [5.41, 5.74) is 5.75. The molecule has 0 amide bonds. The third-order valence-corrected chi connectivity index (χ3v) is 5.88. The molecule has 0 aliphatic heterocycles. The number of benzene rings is 2. The summed E-state index contributed by atoms with van der Waals surface area (Å²) in [5, 5.41) is 0.659. The zero-order valence-corrected chi connectivity index (χ0v) is 16.6. The molecule has 0 spiro atoms. The minimum absolute atomic E-state index is 0.298. The lowest BCUT2D eigenvalue weighted by Crippen LogP contribution is -1.96. The number of rotatable bonds is 4. The van der Waals surface area contributed by atoms with Gasteiger partial charge >= 0.3 is 0 Å². The second-order valence-electron chi connectivity index (χ2n) is 6.51. The van der Waals surface area contributed by atoms with Crippen molar-refractivity contribution in [2.24, 2.45) is 0 Å². The molecule has 0 unspecified atom stereocenters. The van der Waals surface area contributed by atoms with Gasteiger partial charge in [0.05, 0.1) is 10.6 Å². The fraction of sp³-hybridized carbons (Fsp3) is 0.0455. The highest BCUT2D eigenvalue weighted by Gasteiger charge is 2.14. The highest BCUT2D eigenvalue weighted by atomic mass is 35.5. The number of pyridine rings is 1. The standard InChI is InChI=1S/C22H17ClN2O2S/c1-28(26,27)19-7-5-16(6-8-19)21-14-20(15-9-11-24-12-10-15)22(25-21)17-3-2-4-18(23)13-17/h2-14,25H,1H3. The second kappa shape index (κ2) is 7.26. The van der Waals surface area contributed by atoms with Crippen LogP contribution in [-0.2, 0) is 9.84 Å². The number of nitrogens with one attached hydrogen (secondary N) is 1. The summed E-state index contributed by atoms with van der Waals surface area (Å²) in [4.78, 5) is 7.87. The van der Waals surface area contributed by atoms with Crippen molar-refractivity contribution < 1.29 is 8.42 Å². The first kappa shape index (κ1) is 18.5. The molecule has 0 saturated heterocycles. The Morgan fingerprint density at radius 2 is 1.57 bits per heavy atom. The summed E-state index contributed by atoms with van der Waals surface area (Å²) in [6, 6.07) is 20.5. The van der Waals surface area contributed by atoms with Gasteiger partial charge in [-0.2, -0.15) is 0 Å². The number of aromatic amines is 1. The van der Waals surface area contributed by atoms with Gasteiger partial charge in [0.15, 0.2) is 9.84 Å². The Morgan fingerprint density at radius 3 is 2.21 bits per heavy atom. The van der Waals surface area contributed by atoms with E-state index < -0.39 is 9.84 Å². The van der Waals surface area contributed by atoms with Crippen LogP contribution in [0, 0.1) is 0 Å². The third kappa shape index (κ3) is 3.72. The van der Waals surface area contributed by atoms with Crippen LogP contribution in [-0.4, -0.2) is 24.6 Å². The van der Waals surface area contributed by atoms with Crippen LogP contribution in [0.15, 0.2) is 84.0 Å². The van der Waals surface area contributed by atoms with E-state index in [1.165, 1.54) is 6.26 Å². The van der Waals surface area contributed by atoms with E-state index in [0.717, 1.165) is 33.6 Å². The van der Waals surface area contributed by atoms with E-state index in [4.69, 9.17) is 11.6 Å². The molecule has 4 aromatic rings. The Hall–Kier alpha value is -2.89. The van der Waals surface area contributed by atoms with Crippen molar-refractivity contribution in [3.63, 3.8) is 0 Å². The molecule has 28 heavy (non-hydrogen) atoms. The predicted molar refractivity (Wildman–Crippen MR) is 113 cm³/mol. The van der Waals surface area contributed by atoms with Gasteiger partial charge in [0, 0.05) is 40.5 Å². The maximum Gasteiger partial charge on any atom is 0.175 e. The van der Waals surface area contributed by atoms with Crippen molar-refractivity contribution in [3.05, 3.63) is 84.1 Å². The molecule has 2 heterocycles. The lowest BCUT2D eigenvalue weighted by Gasteiger charge is -2.05. The highest BCUT2D eigenvalue weighted by molar-refractivity contribution is 7.90. The maximum atomic E-state index is 11.7. The van der Waals surface area contributed by atoms with E-state index >= 15 is 0 Å². The normalized spacial score (nSPS) is 11.5. The van der Waals surface area contributed by atoms with Crippen LogP contribution < -0.4 is 0 Å². The van der Waals surface area contributed by atoms with Crippen LogP contribution in [0.25, 0.3) is 33.6 Å². The Kier molecular flexibility index (Phi) is 4.79. The lowest BCUT2D eigenvalue weighted by molar-refractivity contribution is 0.602. The van der Waals surface area contributed by atoms with Gasteiger partial charge in [-0.15, -0.1) is 0 Å². The van der Waals surface area contributed by atoms with Crippen molar-refractivity contribution in [2.45, 2.75) is 4.90 Å². The molecule has 1 N–H and O–H groups in total. The number of nitrogens with zero attached hydrogens (tertiary/aromatic N) is 1. The fourth-order valence-corrected chi connectivity index (χ4v) is 3.94. The van der Waals surface area contributed by atoms with Crippen molar-refractivity contribution in [2.75, 3.05) is 6.26 Å². The van der Waals surface area contributed by atoms with E-state index in [0.29, 0.717) is 9.92 Å². The molecule has 0 fully saturated rings. The van der Waals surface area contributed by atoms with Crippen LogP contribution in [0.2, 0.25) is 5.02 Å². The summed E-state index contributed by atoms with van der Waals surface area (Å²) >= 11 is 6.20. The summed E-state index contributed by atoms with van der Waals surface area (Å²) in [6.07, 6.45) is 4.71. The Balaban J connectivity index is 1.86. The predicted octanol–water partition coefficient (Wildman–Crippen LogP) is 5.47. The first-order valence-corrected chi connectivity index (χ1v) is 10.9. The van der Waals surface area contributed by atoms with E-state index in [9.17, 15) is 8.42 Å². The van der Waals surface area contributed by atoms with Crippen LogP contribution in [0.3, 0.4) is 0 Å². The van der Waals surface area contributed by atoms with E-state index in [-0.39, 0.29) is 0 Å². The van der Waals surface area contributed by atoms with Crippen LogP contribution in [0.4, 0.5) is 0 Å². The van der Waals surface area contributed by atoms with Gasteiger partial charge in [0.25, 0.3) is 0 Å². The van der Waals surface area contributed by atoms with Gasteiger partial charge in [-0.05, 0) is 53.6 Å². The number of halogens is 1. The second-order valence-corrected chi connectivity index (χ2v) is 8.97. The molecule has 2 aromatic carbocycles. The van der Waals surface area contributed by atoms with Gasteiger partial charge in [-0.3, -0.25) is 4.98 Å². The number of sulfone groups is 1. The molecular weight excluding hydrogens is 392 g/mol. The SMILES string of the molecule is CS(=O)(=O)c1ccc(-c2cc(-c3ccncc3)c(-c3cccc(Cl)c3)[nH]2)cc1. The minimum Gasteiger partial charge on any atom is -0.354 e. The van der Waals surface area contributed by atoms with Gasteiger partial charge < -0.3 is 4.98 Å². The van der Waals surface area contributed by atoms with E-state index in [1.54, 1.807) is 36.7 Å². The van der Waals surface area contributed by atoms with Crippen molar-refractivity contribution >= 4 is 21.4 Å². The quantitative estimate of drug-likeness (QED) is 0.487. The van der Waals surface area contributed by atoms with E-state index in [1.807, 2.05) is 36.4 Å². The molecule has 0 bridgehead atoms. The molecule has 0 aliphatic carbocycles. The summed E-state index contributed by atoms with van der Waals surface area (Å²) in [5.74, 6) is 0. The van der Waals surface area contributed by atoms with Crippen LogP contribution in [0.5, 0.6) is 0 Å². The summed E-state index contributed by atoms with van der Waals surface area (Å²) in [7, 11) is -3.23. The molecule has 0 atom stereocenters. The van der Waals surface area contributed by atoms with Crippen LogP contribution >= 0.6 is 11.6 Å². The van der Waals surface area contributed by atoms with Crippen molar-refractivity contribution in [1.29, 1.82) is 0 Å². The Morgan fingerprint density at radius 1 is 0.857 bits per heavy atom. The molecule has 4 nitrogen and oxygen atoms in total. The smallest absolute Gasteiger partial charge is 0.175 e. The average Bonchev–Trinajstić information content (AvgIpc) is 3.14. The fourth-order valence-electron chi connectivity index (χ4n) is 3.12. The molecule has 140 valence electrons. The molecular formula is C22H17ClN2O2S. The molecule has 0 radical (unpaired) electrons. The first-order chi connectivity index (χ1) is 13.4. The molecule has 4 rings (SSSR count). The minimum atomic E-state index is -3.23. The zero-order chi connectivity index (χ0) is 19.7. The molecule has 6 heteroatoms.